The Balaban J connectivity index is 1.68. The molecule has 0 saturated heterocycles. The number of amides is 3. The highest BCUT2D eigenvalue weighted by Gasteiger charge is 2.30. The fourth-order valence-corrected chi connectivity index (χ4v) is 3.60. The molecule has 4 rings (SSSR count). The van der Waals surface area contributed by atoms with Gasteiger partial charge in [0.15, 0.2) is 0 Å². The summed E-state index contributed by atoms with van der Waals surface area (Å²) in [6.07, 6.45) is 2.99. The minimum Gasteiger partial charge on any atom is -0.327 e. The first-order chi connectivity index (χ1) is 15.7. The van der Waals surface area contributed by atoms with Crippen LogP contribution in [0.3, 0.4) is 0 Å². The molecule has 3 aromatic rings. The van der Waals surface area contributed by atoms with E-state index < -0.39 is 17.8 Å². The van der Waals surface area contributed by atoms with Crippen molar-refractivity contribution >= 4 is 17.6 Å². The monoisotopic (exact) mass is 447 g/mol. The van der Waals surface area contributed by atoms with Crippen LogP contribution in [0.2, 0.25) is 0 Å². The molecule has 0 saturated carbocycles. The molecule has 2 N–H and O–H groups in total. The van der Waals surface area contributed by atoms with Gasteiger partial charge in [0.05, 0.1) is 17.2 Å². The summed E-state index contributed by atoms with van der Waals surface area (Å²) in [4.78, 5) is 39.2. The second-order valence-electron chi connectivity index (χ2n) is 7.79. The molecule has 0 aliphatic carbocycles. The maximum atomic E-state index is 13.4. The fourth-order valence-electron chi connectivity index (χ4n) is 3.60. The van der Waals surface area contributed by atoms with E-state index >= 15 is 0 Å². The maximum absolute atomic E-state index is 13.4. The van der Waals surface area contributed by atoms with Crippen LogP contribution in [0.5, 0.6) is 0 Å². The number of rotatable bonds is 4. The van der Waals surface area contributed by atoms with Gasteiger partial charge in [-0.05, 0) is 47.9 Å². The summed E-state index contributed by atoms with van der Waals surface area (Å²) >= 11 is 0. The molecule has 9 heteroatoms. The standard InChI is InChI=1S/C24H22FN5O3/c1-14-4-5-16(18-10-11-26-30(3)23(18)32)12-20(14)27-22(31)19-13-29(2)24(33)28-21(19)15-6-8-17(25)9-7-15/h4-13,21H,1-3H3,(H,27,31)(H,28,33). The molecule has 1 aromatic heterocycles. The van der Waals surface area contributed by atoms with Crippen molar-refractivity contribution < 1.29 is 14.0 Å². The first kappa shape index (κ1) is 21.9. The second kappa shape index (κ2) is 8.70. The van der Waals surface area contributed by atoms with E-state index in [2.05, 4.69) is 15.7 Å². The first-order valence-electron chi connectivity index (χ1n) is 10.2. The summed E-state index contributed by atoms with van der Waals surface area (Å²) < 4.78 is 14.6. The number of carbonyl (C=O) groups excluding carboxylic acids is 2. The third kappa shape index (κ3) is 4.38. The number of hydrogen-bond donors (Lipinski definition) is 2. The number of aromatic nitrogens is 2. The van der Waals surface area contributed by atoms with Gasteiger partial charge < -0.3 is 15.5 Å². The van der Waals surface area contributed by atoms with Crippen LogP contribution < -0.4 is 16.2 Å². The van der Waals surface area contributed by atoms with Crippen LogP contribution in [0.1, 0.15) is 17.2 Å². The lowest BCUT2D eigenvalue weighted by Crippen LogP contribution is -2.44. The molecule has 1 unspecified atom stereocenters. The summed E-state index contributed by atoms with van der Waals surface area (Å²) in [6.45, 7) is 1.84. The molecule has 0 bridgehead atoms. The minimum atomic E-state index is -0.745. The van der Waals surface area contributed by atoms with Gasteiger partial charge in [0, 0.05) is 32.2 Å². The molecular weight excluding hydrogens is 425 g/mol. The number of hydrogen-bond acceptors (Lipinski definition) is 4. The first-order valence-corrected chi connectivity index (χ1v) is 10.2. The highest BCUT2D eigenvalue weighted by molar-refractivity contribution is 6.06. The van der Waals surface area contributed by atoms with Crippen LogP contribution in [0.25, 0.3) is 11.1 Å². The largest absolute Gasteiger partial charge is 0.327 e. The van der Waals surface area contributed by atoms with Gasteiger partial charge in [-0.25, -0.2) is 13.9 Å². The Morgan fingerprint density at radius 3 is 2.55 bits per heavy atom. The Morgan fingerprint density at radius 1 is 1.09 bits per heavy atom. The van der Waals surface area contributed by atoms with Crippen LogP contribution in [0.4, 0.5) is 14.9 Å². The Kier molecular flexibility index (Phi) is 5.78. The van der Waals surface area contributed by atoms with Crippen molar-refractivity contribution in [1.29, 1.82) is 0 Å². The van der Waals surface area contributed by atoms with Crippen LogP contribution in [-0.4, -0.2) is 33.7 Å². The van der Waals surface area contributed by atoms with E-state index in [1.54, 1.807) is 25.2 Å². The van der Waals surface area contributed by atoms with Crippen molar-refractivity contribution in [3.8, 4) is 11.1 Å². The van der Waals surface area contributed by atoms with Crippen LogP contribution in [0.15, 0.2) is 71.3 Å². The van der Waals surface area contributed by atoms with E-state index in [1.165, 1.54) is 53.3 Å². The van der Waals surface area contributed by atoms with Gasteiger partial charge in [-0.15, -0.1) is 0 Å². The number of anilines is 1. The lowest BCUT2D eigenvalue weighted by atomic mass is 9.96. The summed E-state index contributed by atoms with van der Waals surface area (Å²) in [5.74, 6) is -0.846. The lowest BCUT2D eigenvalue weighted by Gasteiger charge is -2.30. The van der Waals surface area contributed by atoms with E-state index in [0.717, 1.165) is 5.56 Å². The van der Waals surface area contributed by atoms with Gasteiger partial charge in [-0.2, -0.15) is 5.10 Å². The molecule has 3 amide bonds. The molecule has 0 radical (unpaired) electrons. The summed E-state index contributed by atoms with van der Waals surface area (Å²) in [6, 6.07) is 11.4. The second-order valence-corrected chi connectivity index (χ2v) is 7.79. The molecule has 1 aliphatic heterocycles. The van der Waals surface area contributed by atoms with Gasteiger partial charge in [-0.3, -0.25) is 9.59 Å². The predicted molar refractivity (Wildman–Crippen MR) is 122 cm³/mol. The third-order valence-electron chi connectivity index (χ3n) is 5.50. The number of nitrogens with zero attached hydrogens (tertiary/aromatic N) is 3. The van der Waals surface area contributed by atoms with E-state index in [9.17, 15) is 18.8 Å². The number of nitrogens with one attached hydrogen (secondary N) is 2. The smallest absolute Gasteiger partial charge is 0.321 e. The highest BCUT2D eigenvalue weighted by Crippen LogP contribution is 2.29. The summed E-state index contributed by atoms with van der Waals surface area (Å²) in [5.41, 5.74) is 3.01. The molecule has 2 aromatic carbocycles. The molecule has 1 aliphatic rings. The Labute approximate surface area is 189 Å². The van der Waals surface area contributed by atoms with E-state index in [4.69, 9.17) is 0 Å². The molecule has 0 spiro atoms. The van der Waals surface area contributed by atoms with Crippen molar-refractivity contribution in [2.45, 2.75) is 13.0 Å². The Morgan fingerprint density at radius 2 is 1.82 bits per heavy atom. The molecule has 168 valence electrons. The number of halogens is 1. The zero-order valence-electron chi connectivity index (χ0n) is 18.3. The van der Waals surface area contributed by atoms with Crippen molar-refractivity contribution in [3.05, 3.63) is 93.8 Å². The summed E-state index contributed by atoms with van der Waals surface area (Å²) in [5, 5.41) is 9.59. The lowest BCUT2D eigenvalue weighted by molar-refractivity contribution is -0.113. The van der Waals surface area contributed by atoms with Crippen molar-refractivity contribution in [2.24, 2.45) is 7.05 Å². The SMILES string of the molecule is Cc1ccc(-c2ccnn(C)c2=O)cc1NC(=O)C1=CN(C)C(=O)NC1c1ccc(F)cc1. The number of urea groups is 1. The average Bonchev–Trinajstić information content (AvgIpc) is 2.79. The van der Waals surface area contributed by atoms with E-state index in [0.29, 0.717) is 22.4 Å². The van der Waals surface area contributed by atoms with Gasteiger partial charge in [0.25, 0.3) is 11.5 Å². The van der Waals surface area contributed by atoms with Gasteiger partial charge in [0.2, 0.25) is 0 Å². The predicted octanol–water partition coefficient (Wildman–Crippen LogP) is 3.11. The Bertz CT molecular complexity index is 1330. The van der Waals surface area contributed by atoms with Crippen molar-refractivity contribution in [3.63, 3.8) is 0 Å². The molecule has 1 atom stereocenters. The highest BCUT2D eigenvalue weighted by atomic mass is 19.1. The quantitative estimate of drug-likeness (QED) is 0.642. The number of benzene rings is 2. The van der Waals surface area contributed by atoms with E-state index in [1.807, 2.05) is 13.0 Å². The molecule has 0 fully saturated rings. The number of aryl methyl sites for hydroxylation is 2. The fraction of sp³-hybridized carbons (Fsp3) is 0.167. The van der Waals surface area contributed by atoms with Crippen molar-refractivity contribution in [2.75, 3.05) is 12.4 Å². The van der Waals surface area contributed by atoms with Crippen LogP contribution in [-0.2, 0) is 11.8 Å². The normalized spacial score (nSPS) is 15.6. The zero-order valence-corrected chi connectivity index (χ0v) is 18.3. The molecule has 2 heterocycles. The zero-order chi connectivity index (χ0) is 23.7. The maximum Gasteiger partial charge on any atom is 0.321 e. The Hall–Kier alpha value is -4.27. The van der Waals surface area contributed by atoms with Crippen LogP contribution in [0, 0.1) is 12.7 Å². The molecule has 33 heavy (non-hydrogen) atoms. The molecule has 8 nitrogen and oxygen atoms in total. The van der Waals surface area contributed by atoms with E-state index in [-0.39, 0.29) is 17.2 Å². The average molecular weight is 447 g/mol. The topological polar surface area (TPSA) is 96.3 Å². The number of carbonyl (C=O) groups is 2. The van der Waals surface area contributed by atoms with Gasteiger partial charge in [-0.1, -0.05) is 24.3 Å². The van der Waals surface area contributed by atoms with Gasteiger partial charge in [0.1, 0.15) is 5.82 Å². The van der Waals surface area contributed by atoms with Gasteiger partial charge >= 0.3 is 6.03 Å². The van der Waals surface area contributed by atoms with Crippen molar-refractivity contribution in [1.82, 2.24) is 20.0 Å². The minimum absolute atomic E-state index is 0.255. The summed E-state index contributed by atoms with van der Waals surface area (Å²) in [7, 11) is 3.10. The van der Waals surface area contributed by atoms with Crippen LogP contribution >= 0.6 is 0 Å². The molecular formula is C24H22FN5O3. The third-order valence-corrected chi connectivity index (χ3v) is 5.50.